The molecule has 4 aliphatic carbocycles. The fourth-order valence-electron chi connectivity index (χ4n) is 7.05. The van der Waals surface area contributed by atoms with Crippen molar-refractivity contribution in [3.8, 4) is 0 Å². The van der Waals surface area contributed by atoms with Gasteiger partial charge in [-0.15, -0.1) is 0 Å². The summed E-state index contributed by atoms with van der Waals surface area (Å²) < 4.78 is 0. The molecule has 0 heterocycles. The largest absolute Gasteiger partial charge is 0.393 e. The highest BCUT2D eigenvalue weighted by Crippen LogP contribution is 2.64. The zero-order valence-corrected chi connectivity index (χ0v) is 14.1. The summed E-state index contributed by atoms with van der Waals surface area (Å²) in [6.45, 7) is 4.70. The second kappa shape index (κ2) is 5.19. The maximum Gasteiger partial charge on any atom is 0.155 e. The molecule has 3 saturated carbocycles. The predicted molar refractivity (Wildman–Crippen MR) is 87.3 cm³/mol. The molecule has 0 aromatic rings. The second-order valence-electron chi connectivity index (χ2n) is 8.58. The first-order valence-electron chi connectivity index (χ1n) is 9.48. The lowest BCUT2D eigenvalue weighted by molar-refractivity contribution is -0.116. The molecule has 3 fully saturated rings. The lowest BCUT2D eigenvalue weighted by Crippen LogP contribution is -2.51. The molecule has 2 heteroatoms. The summed E-state index contributed by atoms with van der Waals surface area (Å²) >= 11 is 0. The number of hydrogen-bond donors (Lipinski definition) is 1. The Kier molecular flexibility index (Phi) is 3.52. The minimum atomic E-state index is -0.0690. The van der Waals surface area contributed by atoms with Crippen LogP contribution < -0.4 is 0 Å². The number of hydrogen-bond acceptors (Lipinski definition) is 2. The van der Waals surface area contributed by atoms with E-state index in [4.69, 9.17) is 0 Å². The molecule has 1 unspecified atom stereocenters. The first kappa shape index (κ1) is 14.9. The van der Waals surface area contributed by atoms with Crippen molar-refractivity contribution in [1.29, 1.82) is 0 Å². The average molecular weight is 302 g/mol. The summed E-state index contributed by atoms with van der Waals surface area (Å²) in [6, 6.07) is 0. The van der Waals surface area contributed by atoms with E-state index in [1.165, 1.54) is 24.8 Å². The van der Waals surface area contributed by atoms with Crippen molar-refractivity contribution in [3.05, 3.63) is 11.6 Å². The molecular formula is C20H30O2. The average Bonchev–Trinajstić information content (AvgIpc) is 2.84. The van der Waals surface area contributed by atoms with Gasteiger partial charge in [0.25, 0.3) is 0 Å². The number of allylic oxidation sites excluding steroid dienone is 1. The number of fused-ring (bicyclic) bond motifs is 5. The lowest BCUT2D eigenvalue weighted by atomic mass is 9.49. The van der Waals surface area contributed by atoms with Crippen LogP contribution in [0.2, 0.25) is 0 Å². The van der Waals surface area contributed by atoms with Gasteiger partial charge in [0.1, 0.15) is 0 Å². The van der Waals surface area contributed by atoms with Gasteiger partial charge in [-0.25, -0.2) is 0 Å². The Balaban J connectivity index is 1.68. The molecule has 0 bridgehead atoms. The molecule has 4 rings (SSSR count). The standard InChI is InChI=1S/C20H30O2/c1-3-20-9-8-16-15-5-4-14(21)11-13(15)10-12(2)19(16)17(20)6-7-18(20)22/h11-12,15-19,22H,3-10H2,1-2H3/t12-,15+,16-,17+,18+,19-,20?/m1/s1. The van der Waals surface area contributed by atoms with Crippen LogP contribution in [0.25, 0.3) is 0 Å². The molecule has 0 radical (unpaired) electrons. The van der Waals surface area contributed by atoms with Gasteiger partial charge >= 0.3 is 0 Å². The highest BCUT2D eigenvalue weighted by Gasteiger charge is 2.58. The Hall–Kier alpha value is -0.630. The van der Waals surface area contributed by atoms with Crippen molar-refractivity contribution >= 4 is 5.78 Å². The molecule has 7 atom stereocenters. The van der Waals surface area contributed by atoms with Gasteiger partial charge in [0.2, 0.25) is 0 Å². The summed E-state index contributed by atoms with van der Waals surface area (Å²) in [5.74, 6) is 3.98. The van der Waals surface area contributed by atoms with E-state index in [-0.39, 0.29) is 11.5 Å². The molecule has 0 aromatic carbocycles. The summed E-state index contributed by atoms with van der Waals surface area (Å²) in [4.78, 5) is 11.8. The Bertz CT molecular complexity index is 508. The Morgan fingerprint density at radius 1 is 1.27 bits per heavy atom. The minimum absolute atomic E-state index is 0.0690. The predicted octanol–water partition coefficient (Wildman–Crippen LogP) is 4.13. The number of rotatable bonds is 1. The monoisotopic (exact) mass is 302 g/mol. The van der Waals surface area contributed by atoms with Crippen LogP contribution in [0, 0.1) is 35.0 Å². The molecule has 2 nitrogen and oxygen atoms in total. The van der Waals surface area contributed by atoms with Crippen LogP contribution in [0.5, 0.6) is 0 Å². The van der Waals surface area contributed by atoms with E-state index in [1.807, 2.05) is 6.08 Å². The number of carbonyl (C=O) groups is 1. The van der Waals surface area contributed by atoms with Gasteiger partial charge in [-0.3, -0.25) is 4.79 Å². The third kappa shape index (κ3) is 1.92. The highest BCUT2D eigenvalue weighted by atomic mass is 16.3. The molecule has 0 aromatic heterocycles. The van der Waals surface area contributed by atoms with Gasteiger partial charge in [-0.2, -0.15) is 0 Å². The van der Waals surface area contributed by atoms with Crippen molar-refractivity contribution in [2.24, 2.45) is 35.0 Å². The van der Waals surface area contributed by atoms with Gasteiger partial charge in [0.05, 0.1) is 6.10 Å². The topological polar surface area (TPSA) is 37.3 Å². The Labute approximate surface area is 134 Å². The van der Waals surface area contributed by atoms with Crippen molar-refractivity contribution in [1.82, 2.24) is 0 Å². The minimum Gasteiger partial charge on any atom is -0.393 e. The molecule has 0 saturated heterocycles. The number of aliphatic hydroxyl groups is 1. The molecule has 122 valence electrons. The fraction of sp³-hybridized carbons (Fsp3) is 0.850. The maximum atomic E-state index is 11.8. The van der Waals surface area contributed by atoms with E-state index in [0.29, 0.717) is 17.6 Å². The van der Waals surface area contributed by atoms with E-state index < -0.39 is 0 Å². The molecule has 0 amide bonds. The highest BCUT2D eigenvalue weighted by molar-refractivity contribution is 5.91. The fourth-order valence-corrected chi connectivity index (χ4v) is 7.05. The number of aliphatic hydroxyl groups excluding tert-OH is 1. The first-order valence-corrected chi connectivity index (χ1v) is 9.48. The zero-order chi connectivity index (χ0) is 15.5. The van der Waals surface area contributed by atoms with Gasteiger partial charge in [0, 0.05) is 6.42 Å². The van der Waals surface area contributed by atoms with Crippen LogP contribution in [-0.4, -0.2) is 17.0 Å². The smallest absolute Gasteiger partial charge is 0.155 e. The van der Waals surface area contributed by atoms with Crippen molar-refractivity contribution in [2.75, 3.05) is 0 Å². The summed E-state index contributed by atoms with van der Waals surface area (Å²) in [5.41, 5.74) is 1.67. The molecule has 4 aliphatic rings. The summed E-state index contributed by atoms with van der Waals surface area (Å²) in [5, 5.41) is 10.7. The number of carbonyl (C=O) groups excluding carboxylic acids is 1. The summed E-state index contributed by atoms with van der Waals surface area (Å²) in [7, 11) is 0. The Morgan fingerprint density at radius 2 is 2.09 bits per heavy atom. The number of ketones is 1. The third-order valence-corrected chi connectivity index (χ3v) is 7.97. The van der Waals surface area contributed by atoms with Crippen molar-refractivity contribution in [3.63, 3.8) is 0 Å². The molecule has 1 N–H and O–H groups in total. The molecule has 22 heavy (non-hydrogen) atoms. The van der Waals surface area contributed by atoms with Gasteiger partial charge < -0.3 is 5.11 Å². The third-order valence-electron chi connectivity index (χ3n) is 7.97. The first-order chi connectivity index (χ1) is 10.6. The maximum absolute atomic E-state index is 11.8. The molecule has 0 spiro atoms. The van der Waals surface area contributed by atoms with Gasteiger partial charge in [0.15, 0.2) is 5.78 Å². The van der Waals surface area contributed by atoms with Crippen LogP contribution in [0.3, 0.4) is 0 Å². The van der Waals surface area contributed by atoms with Crippen LogP contribution in [0.4, 0.5) is 0 Å². The van der Waals surface area contributed by atoms with Crippen molar-refractivity contribution < 1.29 is 9.90 Å². The van der Waals surface area contributed by atoms with E-state index in [0.717, 1.165) is 49.9 Å². The van der Waals surface area contributed by atoms with E-state index in [9.17, 15) is 9.90 Å². The Morgan fingerprint density at radius 3 is 2.86 bits per heavy atom. The zero-order valence-electron chi connectivity index (χ0n) is 14.1. The van der Waals surface area contributed by atoms with Crippen LogP contribution in [0.1, 0.15) is 65.2 Å². The van der Waals surface area contributed by atoms with Gasteiger partial charge in [-0.1, -0.05) is 19.4 Å². The SMILES string of the molecule is CCC12CC[C@H]3[C@@H]([C@H](C)CC4=CC(=O)CC[C@@H]43)[C@@H]1CC[C@@H]2O. The molecule has 0 aliphatic heterocycles. The van der Waals surface area contributed by atoms with Gasteiger partial charge in [-0.05, 0) is 86.0 Å². The van der Waals surface area contributed by atoms with E-state index in [2.05, 4.69) is 13.8 Å². The quantitative estimate of drug-likeness (QED) is 0.791. The van der Waals surface area contributed by atoms with E-state index in [1.54, 1.807) is 0 Å². The normalized spacial score (nSPS) is 50.9. The van der Waals surface area contributed by atoms with E-state index >= 15 is 0 Å². The van der Waals surface area contributed by atoms with Crippen LogP contribution in [-0.2, 0) is 4.79 Å². The van der Waals surface area contributed by atoms with Crippen LogP contribution >= 0.6 is 0 Å². The lowest BCUT2D eigenvalue weighted by Gasteiger charge is -2.56. The van der Waals surface area contributed by atoms with Crippen LogP contribution in [0.15, 0.2) is 11.6 Å². The molecular weight excluding hydrogens is 272 g/mol. The van der Waals surface area contributed by atoms with Crippen molar-refractivity contribution in [2.45, 2.75) is 71.3 Å². The summed E-state index contributed by atoms with van der Waals surface area (Å²) in [6.07, 6.45) is 10.8. The second-order valence-corrected chi connectivity index (χ2v) is 8.58.